The van der Waals surface area contributed by atoms with Gasteiger partial charge in [0.15, 0.2) is 0 Å². The van der Waals surface area contributed by atoms with Gasteiger partial charge >= 0.3 is 5.97 Å². The molecular weight excluding hydrogens is 358 g/mol. The molecule has 0 radical (unpaired) electrons. The molecule has 1 aromatic carbocycles. The van der Waals surface area contributed by atoms with E-state index in [0.717, 1.165) is 21.7 Å². The highest BCUT2D eigenvalue weighted by Gasteiger charge is 2.18. The molecule has 1 aromatic heterocycles. The average Bonchev–Trinajstić information content (AvgIpc) is 2.99. The van der Waals surface area contributed by atoms with Gasteiger partial charge in [0.05, 0.1) is 18.1 Å². The first kappa shape index (κ1) is 19.4. The van der Waals surface area contributed by atoms with E-state index in [4.69, 9.17) is 0 Å². The summed E-state index contributed by atoms with van der Waals surface area (Å²) in [7, 11) is 1.32. The topological polar surface area (TPSA) is 81.2 Å². The highest BCUT2D eigenvalue weighted by molar-refractivity contribution is 8.01. The molecule has 0 aliphatic rings. The molecule has 8 heteroatoms. The second-order valence-electron chi connectivity index (χ2n) is 5.70. The zero-order valence-electron chi connectivity index (χ0n) is 14.9. The molecular formula is C17H21N3O3S2. The molecule has 6 nitrogen and oxygen atoms in total. The zero-order valence-corrected chi connectivity index (χ0v) is 16.5. The van der Waals surface area contributed by atoms with Crippen molar-refractivity contribution in [2.24, 2.45) is 0 Å². The third kappa shape index (κ3) is 5.02. The Morgan fingerprint density at radius 3 is 2.48 bits per heavy atom. The molecule has 0 aliphatic carbocycles. The third-order valence-corrected chi connectivity index (χ3v) is 5.57. The Labute approximate surface area is 155 Å². The summed E-state index contributed by atoms with van der Waals surface area (Å²) in [6.07, 6.45) is 0. The quantitative estimate of drug-likeness (QED) is 0.775. The lowest BCUT2D eigenvalue weighted by atomic mass is 10.0. The van der Waals surface area contributed by atoms with Crippen LogP contribution in [-0.4, -0.2) is 40.2 Å². The first-order chi connectivity index (χ1) is 11.8. The summed E-state index contributed by atoms with van der Waals surface area (Å²) in [5, 5.41) is 11.9. The Kier molecular flexibility index (Phi) is 6.55. The summed E-state index contributed by atoms with van der Waals surface area (Å²) >= 11 is 2.56. The molecule has 1 atom stereocenters. The molecule has 1 heterocycles. The molecule has 25 heavy (non-hydrogen) atoms. The van der Waals surface area contributed by atoms with Crippen LogP contribution in [0.25, 0.3) is 10.6 Å². The maximum absolute atomic E-state index is 12.2. The van der Waals surface area contributed by atoms with E-state index in [-0.39, 0.29) is 17.6 Å². The van der Waals surface area contributed by atoms with Crippen molar-refractivity contribution in [1.82, 2.24) is 10.2 Å². The molecule has 1 amide bonds. The second-order valence-corrected chi connectivity index (χ2v) is 8.01. The van der Waals surface area contributed by atoms with Gasteiger partial charge in [0.1, 0.15) is 5.01 Å². The van der Waals surface area contributed by atoms with Gasteiger partial charge in [-0.05, 0) is 38.8 Å². The van der Waals surface area contributed by atoms with Crippen molar-refractivity contribution in [3.63, 3.8) is 0 Å². The SMILES string of the molecule is COC(=O)CS[C@@H](C)C(=O)Nc1nnc(-c2c(C)cc(C)cc2C)s1. The first-order valence-corrected chi connectivity index (χ1v) is 9.59. The fourth-order valence-corrected chi connectivity index (χ4v) is 4.06. The van der Waals surface area contributed by atoms with Gasteiger partial charge in [-0.25, -0.2) is 0 Å². The van der Waals surface area contributed by atoms with E-state index in [2.05, 4.69) is 39.3 Å². The molecule has 134 valence electrons. The molecule has 0 saturated carbocycles. The van der Waals surface area contributed by atoms with Crippen molar-refractivity contribution < 1.29 is 14.3 Å². The number of methoxy groups -OCH3 is 1. The van der Waals surface area contributed by atoms with E-state index in [0.29, 0.717) is 5.13 Å². The van der Waals surface area contributed by atoms with Crippen molar-refractivity contribution in [1.29, 1.82) is 0 Å². The Hall–Kier alpha value is -1.93. The highest BCUT2D eigenvalue weighted by atomic mass is 32.2. The maximum Gasteiger partial charge on any atom is 0.315 e. The van der Waals surface area contributed by atoms with Crippen LogP contribution in [0.1, 0.15) is 23.6 Å². The number of amides is 1. The largest absolute Gasteiger partial charge is 0.468 e. The number of aromatic nitrogens is 2. The van der Waals surface area contributed by atoms with Crippen LogP contribution in [0, 0.1) is 20.8 Å². The Morgan fingerprint density at radius 2 is 1.88 bits per heavy atom. The lowest BCUT2D eigenvalue weighted by Crippen LogP contribution is -2.23. The standard InChI is InChI=1S/C17H21N3O3S2/c1-9-6-10(2)14(11(3)7-9)16-19-20-17(25-16)18-15(22)12(4)24-8-13(21)23-5/h6-7,12H,8H2,1-5H3,(H,18,20,22)/t12-/m0/s1. The Morgan fingerprint density at radius 1 is 1.24 bits per heavy atom. The number of nitrogens with zero attached hydrogens (tertiary/aromatic N) is 2. The van der Waals surface area contributed by atoms with E-state index in [1.54, 1.807) is 6.92 Å². The fourth-order valence-electron chi connectivity index (χ4n) is 2.43. The summed E-state index contributed by atoms with van der Waals surface area (Å²) < 4.78 is 4.57. The second kappa shape index (κ2) is 8.44. The van der Waals surface area contributed by atoms with Gasteiger partial charge in [-0.1, -0.05) is 29.0 Å². The van der Waals surface area contributed by atoms with Gasteiger partial charge in [-0.15, -0.1) is 22.0 Å². The van der Waals surface area contributed by atoms with E-state index in [9.17, 15) is 9.59 Å². The van der Waals surface area contributed by atoms with Crippen LogP contribution in [0.4, 0.5) is 5.13 Å². The van der Waals surface area contributed by atoms with Crippen LogP contribution in [0.15, 0.2) is 12.1 Å². The van der Waals surface area contributed by atoms with Gasteiger partial charge < -0.3 is 4.74 Å². The van der Waals surface area contributed by atoms with Gasteiger partial charge in [-0.2, -0.15) is 0 Å². The van der Waals surface area contributed by atoms with Gasteiger partial charge in [0.25, 0.3) is 0 Å². The van der Waals surface area contributed by atoms with Crippen molar-refractivity contribution in [2.45, 2.75) is 32.9 Å². The predicted molar refractivity (Wildman–Crippen MR) is 102 cm³/mol. The number of carbonyl (C=O) groups is 2. The number of benzene rings is 1. The molecule has 0 spiro atoms. The minimum absolute atomic E-state index is 0.133. The first-order valence-electron chi connectivity index (χ1n) is 7.72. The van der Waals surface area contributed by atoms with Gasteiger partial charge in [-0.3, -0.25) is 14.9 Å². The third-order valence-electron chi connectivity index (χ3n) is 3.59. The number of nitrogens with one attached hydrogen (secondary N) is 1. The number of carbonyl (C=O) groups excluding carboxylic acids is 2. The van der Waals surface area contributed by atoms with E-state index >= 15 is 0 Å². The number of thioether (sulfide) groups is 1. The summed E-state index contributed by atoms with van der Waals surface area (Å²) in [5.74, 6) is -0.434. The lowest BCUT2D eigenvalue weighted by molar-refractivity contribution is -0.137. The van der Waals surface area contributed by atoms with Crippen molar-refractivity contribution in [3.8, 4) is 10.6 Å². The molecule has 0 saturated heterocycles. The van der Waals surface area contributed by atoms with Gasteiger partial charge in [0.2, 0.25) is 11.0 Å². The minimum atomic E-state index is -0.394. The molecule has 0 fully saturated rings. The number of rotatable bonds is 6. The van der Waals surface area contributed by atoms with E-state index < -0.39 is 5.25 Å². The van der Waals surface area contributed by atoms with Crippen LogP contribution in [0.5, 0.6) is 0 Å². The van der Waals surface area contributed by atoms with Crippen molar-refractivity contribution in [3.05, 3.63) is 28.8 Å². The summed E-state index contributed by atoms with van der Waals surface area (Å²) in [6.45, 7) is 7.88. The van der Waals surface area contributed by atoms with Crippen LogP contribution in [0.2, 0.25) is 0 Å². The number of ether oxygens (including phenoxy) is 1. The molecule has 2 rings (SSSR count). The summed E-state index contributed by atoms with van der Waals surface area (Å²) in [6, 6.07) is 4.21. The number of aryl methyl sites for hydroxylation is 3. The van der Waals surface area contributed by atoms with Crippen LogP contribution in [-0.2, 0) is 14.3 Å². The average molecular weight is 380 g/mol. The minimum Gasteiger partial charge on any atom is -0.468 e. The highest BCUT2D eigenvalue weighted by Crippen LogP contribution is 2.32. The van der Waals surface area contributed by atoms with E-state index in [1.807, 2.05) is 13.8 Å². The normalized spacial score (nSPS) is 11.9. The lowest BCUT2D eigenvalue weighted by Gasteiger charge is -2.09. The smallest absolute Gasteiger partial charge is 0.315 e. The van der Waals surface area contributed by atoms with Gasteiger partial charge in [0, 0.05) is 5.56 Å². The number of esters is 1. The Bertz CT molecular complexity index is 766. The van der Waals surface area contributed by atoms with Crippen molar-refractivity contribution >= 4 is 40.1 Å². The number of hydrogen-bond donors (Lipinski definition) is 1. The predicted octanol–water partition coefficient (Wildman–Crippen LogP) is 3.36. The molecule has 1 N–H and O–H groups in total. The summed E-state index contributed by atoms with van der Waals surface area (Å²) in [4.78, 5) is 23.3. The van der Waals surface area contributed by atoms with Crippen LogP contribution in [0.3, 0.4) is 0 Å². The molecule has 0 bridgehead atoms. The zero-order chi connectivity index (χ0) is 18.6. The molecule has 0 aliphatic heterocycles. The van der Waals surface area contributed by atoms with Crippen LogP contribution >= 0.6 is 23.1 Å². The fraction of sp³-hybridized carbons (Fsp3) is 0.412. The molecule has 2 aromatic rings. The number of hydrogen-bond acceptors (Lipinski definition) is 7. The van der Waals surface area contributed by atoms with Crippen LogP contribution < -0.4 is 5.32 Å². The number of anilines is 1. The molecule has 0 unspecified atom stereocenters. The Balaban J connectivity index is 2.07. The van der Waals surface area contributed by atoms with Crippen molar-refractivity contribution in [2.75, 3.05) is 18.2 Å². The maximum atomic E-state index is 12.2. The monoisotopic (exact) mass is 379 g/mol. The van der Waals surface area contributed by atoms with E-state index in [1.165, 1.54) is 35.8 Å². The summed E-state index contributed by atoms with van der Waals surface area (Å²) in [5.41, 5.74) is 4.52.